The lowest BCUT2D eigenvalue weighted by Gasteiger charge is -2.47. The topological polar surface area (TPSA) is 86.2 Å². The monoisotopic (exact) mass is 441 g/mol. The molecular weight excluding hydrogens is 410 g/mol. The van der Waals surface area contributed by atoms with Gasteiger partial charge in [0.1, 0.15) is 30.1 Å². The fraction of sp³-hybridized carbons (Fsp3) is 0.480. The van der Waals surface area contributed by atoms with Gasteiger partial charge in [-0.2, -0.15) is 0 Å². The van der Waals surface area contributed by atoms with Gasteiger partial charge in [-0.3, -0.25) is 4.79 Å². The summed E-state index contributed by atoms with van der Waals surface area (Å²) in [5.74, 6) is 0.769. The highest BCUT2D eigenvalue weighted by Gasteiger charge is 2.50. The minimum absolute atomic E-state index is 0.237. The van der Waals surface area contributed by atoms with Crippen molar-refractivity contribution in [1.29, 1.82) is 0 Å². The average molecular weight is 442 g/mol. The van der Waals surface area contributed by atoms with E-state index in [9.17, 15) is 9.90 Å². The molecule has 2 fully saturated rings. The number of ether oxygens (including phenoxy) is 4. The predicted octanol–water partition coefficient (Wildman–Crippen LogP) is 3.28. The van der Waals surface area contributed by atoms with Crippen LogP contribution in [0, 0.1) is 0 Å². The first-order chi connectivity index (χ1) is 15.5. The van der Waals surface area contributed by atoms with Gasteiger partial charge in [0.25, 0.3) is 0 Å². The molecule has 2 heterocycles. The van der Waals surface area contributed by atoms with Crippen molar-refractivity contribution < 1.29 is 28.8 Å². The molecule has 0 radical (unpaired) electrons. The maximum absolute atomic E-state index is 11.9. The van der Waals surface area contributed by atoms with Crippen molar-refractivity contribution in [3.63, 3.8) is 0 Å². The maximum Gasteiger partial charge on any atom is 0.223 e. The van der Waals surface area contributed by atoms with Gasteiger partial charge in [-0.05, 0) is 30.0 Å². The lowest BCUT2D eigenvalue weighted by molar-refractivity contribution is -0.333. The largest absolute Gasteiger partial charge is 0.463 e. The van der Waals surface area contributed by atoms with Crippen LogP contribution in [0.15, 0.2) is 54.6 Å². The van der Waals surface area contributed by atoms with Crippen LogP contribution >= 0.6 is 0 Å². The molecule has 2 N–H and O–H groups in total. The number of carbonyl (C=O) groups excluding carboxylic acids is 1. The molecule has 2 aromatic carbocycles. The summed E-state index contributed by atoms with van der Waals surface area (Å²) in [6.45, 7) is 5.96. The molecule has 7 heteroatoms. The lowest BCUT2D eigenvalue weighted by Crippen LogP contribution is -2.67. The third-order valence-corrected chi connectivity index (χ3v) is 6.12. The number of carbonyl (C=O) groups is 1. The summed E-state index contributed by atoms with van der Waals surface area (Å²) in [6.07, 6.45) is -2.67. The van der Waals surface area contributed by atoms with E-state index in [-0.39, 0.29) is 12.5 Å². The molecule has 0 spiro atoms. The zero-order chi connectivity index (χ0) is 22.7. The van der Waals surface area contributed by atoms with Gasteiger partial charge in [0, 0.05) is 12.5 Å². The quantitative estimate of drug-likeness (QED) is 0.716. The van der Waals surface area contributed by atoms with E-state index in [1.54, 1.807) is 0 Å². The summed E-state index contributed by atoms with van der Waals surface area (Å²) in [7, 11) is 0. The van der Waals surface area contributed by atoms with Crippen LogP contribution in [0.5, 0.6) is 5.75 Å². The average Bonchev–Trinajstić information content (AvgIpc) is 2.82. The van der Waals surface area contributed by atoms with Crippen molar-refractivity contribution in [3.8, 4) is 5.75 Å². The number of hydrogen-bond acceptors (Lipinski definition) is 6. The Labute approximate surface area is 188 Å². The standard InChI is InChI=1S/C25H31NO6/c1-4-15(2)17-10-12-19(13-11-17)30-25-21(26-16(3)27)22(28)23-20(31-25)14-29-24(32-23)18-8-6-5-7-9-18/h5-13,15,20-25,28H,4,14H2,1-3H3,(H,26,27)/t15?,20-,21-,22-,23-,24?,25-/m1/s1. The summed E-state index contributed by atoms with van der Waals surface area (Å²) < 4.78 is 24.1. The van der Waals surface area contributed by atoms with Crippen molar-refractivity contribution in [1.82, 2.24) is 5.32 Å². The molecule has 2 aromatic rings. The summed E-state index contributed by atoms with van der Waals surface area (Å²) in [5, 5.41) is 13.9. The number of benzene rings is 2. The van der Waals surface area contributed by atoms with Crippen LogP contribution in [0.2, 0.25) is 0 Å². The van der Waals surface area contributed by atoms with Crippen LogP contribution < -0.4 is 10.1 Å². The molecule has 2 aliphatic rings. The van der Waals surface area contributed by atoms with E-state index in [0.29, 0.717) is 11.7 Å². The van der Waals surface area contributed by atoms with E-state index in [4.69, 9.17) is 18.9 Å². The second kappa shape index (κ2) is 10.0. The molecule has 7 nitrogen and oxygen atoms in total. The lowest BCUT2D eigenvalue weighted by atomic mass is 9.95. The van der Waals surface area contributed by atoms with Gasteiger partial charge < -0.3 is 29.4 Å². The molecular formula is C25H31NO6. The summed E-state index contributed by atoms with van der Waals surface area (Å²) >= 11 is 0. The Balaban J connectivity index is 1.50. The number of hydrogen-bond donors (Lipinski definition) is 2. The highest BCUT2D eigenvalue weighted by Crippen LogP contribution is 2.35. The van der Waals surface area contributed by atoms with Gasteiger partial charge in [-0.1, -0.05) is 56.3 Å². The fourth-order valence-electron chi connectivity index (χ4n) is 4.11. The number of nitrogens with one attached hydrogen (secondary N) is 1. The molecule has 0 aromatic heterocycles. The van der Waals surface area contributed by atoms with Gasteiger partial charge in [0.05, 0.1) is 6.61 Å². The first kappa shape index (κ1) is 22.7. The molecule has 2 saturated heterocycles. The number of aliphatic hydroxyl groups is 1. The highest BCUT2D eigenvalue weighted by atomic mass is 16.7. The molecule has 4 rings (SSSR count). The van der Waals surface area contributed by atoms with Crippen molar-refractivity contribution in [2.45, 2.75) is 70.0 Å². The zero-order valence-corrected chi connectivity index (χ0v) is 18.6. The van der Waals surface area contributed by atoms with Crippen molar-refractivity contribution in [2.24, 2.45) is 0 Å². The SMILES string of the molecule is CCC(C)c1ccc(O[C@@H]2O[C@@H]3COC(c4ccccc4)O[C@H]3[C@H](O)[C@H]2NC(C)=O)cc1. The van der Waals surface area contributed by atoms with E-state index < -0.39 is 36.9 Å². The molecule has 2 unspecified atom stereocenters. The maximum atomic E-state index is 11.9. The molecule has 2 aliphatic heterocycles. The molecule has 7 atom stereocenters. The smallest absolute Gasteiger partial charge is 0.223 e. The molecule has 0 saturated carbocycles. The van der Waals surface area contributed by atoms with Crippen molar-refractivity contribution in [3.05, 3.63) is 65.7 Å². The summed E-state index contributed by atoms with van der Waals surface area (Å²) in [5.41, 5.74) is 2.08. The van der Waals surface area contributed by atoms with Gasteiger partial charge in [-0.25, -0.2) is 0 Å². The zero-order valence-electron chi connectivity index (χ0n) is 18.6. The summed E-state index contributed by atoms with van der Waals surface area (Å²) in [6, 6.07) is 16.5. The Bertz CT molecular complexity index is 889. The predicted molar refractivity (Wildman–Crippen MR) is 118 cm³/mol. The first-order valence-corrected chi connectivity index (χ1v) is 11.2. The first-order valence-electron chi connectivity index (χ1n) is 11.2. The third kappa shape index (κ3) is 4.96. The Morgan fingerprint density at radius 3 is 2.53 bits per heavy atom. The second-order valence-corrected chi connectivity index (χ2v) is 8.43. The van der Waals surface area contributed by atoms with E-state index in [1.807, 2.05) is 54.6 Å². The van der Waals surface area contributed by atoms with E-state index >= 15 is 0 Å². The second-order valence-electron chi connectivity index (χ2n) is 8.43. The van der Waals surface area contributed by atoms with E-state index in [2.05, 4.69) is 19.2 Å². The normalized spacial score (nSPS) is 30.8. The van der Waals surface area contributed by atoms with Gasteiger partial charge >= 0.3 is 0 Å². The molecule has 32 heavy (non-hydrogen) atoms. The van der Waals surface area contributed by atoms with Crippen LogP contribution in [-0.2, 0) is 19.0 Å². The minimum atomic E-state index is -1.03. The number of amides is 1. The van der Waals surface area contributed by atoms with Crippen LogP contribution in [-0.4, -0.2) is 48.3 Å². The molecule has 0 bridgehead atoms. The number of aliphatic hydroxyl groups excluding tert-OH is 1. The number of rotatable bonds is 6. The van der Waals surface area contributed by atoms with Gasteiger partial charge in [-0.15, -0.1) is 0 Å². The highest BCUT2D eigenvalue weighted by molar-refractivity contribution is 5.73. The van der Waals surface area contributed by atoms with Gasteiger partial charge in [0.2, 0.25) is 12.2 Å². The fourth-order valence-corrected chi connectivity index (χ4v) is 4.11. The minimum Gasteiger partial charge on any atom is -0.463 e. The summed E-state index contributed by atoms with van der Waals surface area (Å²) in [4.78, 5) is 11.9. The number of fused-ring (bicyclic) bond motifs is 1. The Morgan fingerprint density at radius 2 is 1.88 bits per heavy atom. The molecule has 172 valence electrons. The van der Waals surface area contributed by atoms with Gasteiger partial charge in [0.15, 0.2) is 6.29 Å². The third-order valence-electron chi connectivity index (χ3n) is 6.12. The van der Waals surface area contributed by atoms with E-state index in [0.717, 1.165) is 12.0 Å². The van der Waals surface area contributed by atoms with Crippen LogP contribution in [0.25, 0.3) is 0 Å². The van der Waals surface area contributed by atoms with Crippen molar-refractivity contribution >= 4 is 5.91 Å². The molecule has 0 aliphatic carbocycles. The Morgan fingerprint density at radius 1 is 1.16 bits per heavy atom. The van der Waals surface area contributed by atoms with Crippen LogP contribution in [0.4, 0.5) is 0 Å². The molecule has 1 amide bonds. The Kier molecular flexibility index (Phi) is 7.10. The van der Waals surface area contributed by atoms with E-state index in [1.165, 1.54) is 12.5 Å². The van der Waals surface area contributed by atoms with Crippen LogP contribution in [0.3, 0.4) is 0 Å². The van der Waals surface area contributed by atoms with Crippen molar-refractivity contribution in [2.75, 3.05) is 6.61 Å². The van der Waals surface area contributed by atoms with Crippen LogP contribution in [0.1, 0.15) is 50.5 Å². The Hall–Kier alpha value is -2.45.